The predicted octanol–water partition coefficient (Wildman–Crippen LogP) is 1.07. The maximum absolute atomic E-state index is 11.2. The first-order valence-electron chi connectivity index (χ1n) is 6.97. The molecule has 1 aromatic carbocycles. The quantitative estimate of drug-likeness (QED) is 0.403. The first kappa shape index (κ1) is 17.7. The Labute approximate surface area is 143 Å². The lowest BCUT2D eigenvalue weighted by Gasteiger charge is -2.27. The van der Waals surface area contributed by atoms with Crippen LogP contribution in [0.5, 0.6) is 0 Å². The van der Waals surface area contributed by atoms with Crippen LogP contribution in [0.25, 0.3) is 0 Å². The number of hydrogen-bond donors (Lipinski definition) is 3. The van der Waals surface area contributed by atoms with E-state index in [0.29, 0.717) is 12.0 Å². The van der Waals surface area contributed by atoms with E-state index in [1.807, 2.05) is 0 Å². The maximum atomic E-state index is 11.2. The van der Waals surface area contributed by atoms with E-state index in [4.69, 9.17) is 0 Å². The highest BCUT2D eigenvalue weighted by atomic mass is 127. The molecular weight excluding hydrogens is 379 g/mol. The molecule has 1 aliphatic carbocycles. The Morgan fingerprint density at radius 3 is 2.71 bits per heavy atom. The van der Waals surface area contributed by atoms with Gasteiger partial charge in [0, 0.05) is 20.1 Å². The number of benzene rings is 1. The third-order valence-electron chi connectivity index (χ3n) is 3.61. The van der Waals surface area contributed by atoms with Crippen LogP contribution in [0.2, 0.25) is 0 Å². The normalized spacial score (nSPS) is 17.2. The van der Waals surface area contributed by atoms with Crippen LogP contribution in [0.1, 0.15) is 17.5 Å². The molecule has 2 rings (SSSR count). The third-order valence-corrected chi connectivity index (χ3v) is 3.61. The number of fused-ring (bicyclic) bond motifs is 1. The average Bonchev–Trinajstić information content (AvgIpc) is 2.50. The largest absolute Gasteiger partial charge is 0.358 e. The number of amides is 1. The molecule has 21 heavy (non-hydrogen) atoms. The standard InChI is InChI=1S/C15H22N4O.HI/c1-16-14(20)10-18-15(17-2)19-13-8-7-11-5-3-4-6-12(11)9-13;/h3-6,13H,7-10H2,1-2H3,(H,16,20)(H2,17,18,19);1H. The SMILES string of the molecule is CN=C(NCC(=O)NC)NC1CCc2ccccc2C1.I. The van der Waals surface area contributed by atoms with Gasteiger partial charge in [-0.2, -0.15) is 0 Å². The molecule has 1 aliphatic rings. The van der Waals surface area contributed by atoms with Crippen LogP contribution in [0.15, 0.2) is 29.3 Å². The maximum Gasteiger partial charge on any atom is 0.239 e. The summed E-state index contributed by atoms with van der Waals surface area (Å²) >= 11 is 0. The Morgan fingerprint density at radius 2 is 2.05 bits per heavy atom. The minimum absolute atomic E-state index is 0. The third kappa shape index (κ3) is 5.18. The number of carbonyl (C=O) groups excluding carboxylic acids is 1. The van der Waals surface area contributed by atoms with Gasteiger partial charge < -0.3 is 16.0 Å². The molecule has 6 heteroatoms. The number of halogens is 1. The van der Waals surface area contributed by atoms with E-state index in [1.165, 1.54) is 11.1 Å². The minimum Gasteiger partial charge on any atom is -0.358 e. The highest BCUT2D eigenvalue weighted by molar-refractivity contribution is 14.0. The molecule has 3 N–H and O–H groups in total. The topological polar surface area (TPSA) is 65.5 Å². The van der Waals surface area contributed by atoms with E-state index in [-0.39, 0.29) is 36.4 Å². The molecule has 116 valence electrons. The van der Waals surface area contributed by atoms with Crippen molar-refractivity contribution in [2.24, 2.45) is 4.99 Å². The lowest BCUT2D eigenvalue weighted by molar-refractivity contribution is -0.119. The first-order valence-corrected chi connectivity index (χ1v) is 6.97. The van der Waals surface area contributed by atoms with E-state index in [0.717, 1.165) is 19.3 Å². The summed E-state index contributed by atoms with van der Waals surface area (Å²) in [6.45, 7) is 0.236. The van der Waals surface area contributed by atoms with Crippen LogP contribution in [0.3, 0.4) is 0 Å². The van der Waals surface area contributed by atoms with E-state index >= 15 is 0 Å². The van der Waals surface area contributed by atoms with Gasteiger partial charge in [0.1, 0.15) is 0 Å². The molecule has 0 heterocycles. The van der Waals surface area contributed by atoms with Crippen LogP contribution in [-0.2, 0) is 17.6 Å². The van der Waals surface area contributed by atoms with Crippen molar-refractivity contribution in [2.45, 2.75) is 25.3 Å². The molecule has 0 spiro atoms. The van der Waals surface area contributed by atoms with Gasteiger partial charge in [-0.25, -0.2) is 0 Å². The molecular formula is C15H23IN4O. The minimum atomic E-state index is -0.0538. The first-order chi connectivity index (χ1) is 9.72. The van der Waals surface area contributed by atoms with Crippen molar-refractivity contribution < 1.29 is 4.79 Å². The highest BCUT2D eigenvalue weighted by Gasteiger charge is 2.19. The summed E-state index contributed by atoms with van der Waals surface area (Å²) in [5.41, 5.74) is 2.84. The Bertz CT molecular complexity index is 504. The Kier molecular flexibility index (Phi) is 7.49. The van der Waals surface area contributed by atoms with Gasteiger partial charge in [0.25, 0.3) is 0 Å². The van der Waals surface area contributed by atoms with Gasteiger partial charge in [-0.3, -0.25) is 9.79 Å². The van der Waals surface area contributed by atoms with Crippen LogP contribution < -0.4 is 16.0 Å². The van der Waals surface area contributed by atoms with E-state index in [9.17, 15) is 4.79 Å². The lowest BCUT2D eigenvalue weighted by atomic mass is 9.88. The summed E-state index contributed by atoms with van der Waals surface area (Å²) in [7, 11) is 3.34. The molecule has 0 radical (unpaired) electrons. The Balaban J connectivity index is 0.00000220. The van der Waals surface area contributed by atoms with E-state index in [1.54, 1.807) is 14.1 Å². The van der Waals surface area contributed by atoms with Gasteiger partial charge in [0.2, 0.25) is 5.91 Å². The molecule has 1 atom stereocenters. The summed E-state index contributed by atoms with van der Waals surface area (Å²) in [6, 6.07) is 8.92. The summed E-state index contributed by atoms with van der Waals surface area (Å²) in [4.78, 5) is 15.4. The van der Waals surface area contributed by atoms with Crippen molar-refractivity contribution in [3.8, 4) is 0 Å². The van der Waals surface area contributed by atoms with Crippen molar-refractivity contribution in [1.82, 2.24) is 16.0 Å². The summed E-state index contributed by atoms with van der Waals surface area (Å²) in [6.07, 6.45) is 3.16. The zero-order valence-corrected chi connectivity index (χ0v) is 14.8. The fraction of sp³-hybridized carbons (Fsp3) is 0.467. The molecule has 1 aromatic rings. The van der Waals surface area contributed by atoms with Crippen LogP contribution in [0.4, 0.5) is 0 Å². The number of aryl methyl sites for hydroxylation is 1. The van der Waals surface area contributed by atoms with E-state index in [2.05, 4.69) is 45.2 Å². The summed E-state index contributed by atoms with van der Waals surface area (Å²) in [5, 5.41) is 8.98. The number of aliphatic imine (C=N–C) groups is 1. The number of likely N-dealkylation sites (N-methyl/N-ethyl adjacent to an activating group) is 1. The number of guanidine groups is 1. The van der Waals surface area contributed by atoms with Crippen molar-refractivity contribution in [3.05, 3.63) is 35.4 Å². The molecule has 0 bridgehead atoms. The van der Waals surface area contributed by atoms with Gasteiger partial charge in [0.15, 0.2) is 5.96 Å². The zero-order valence-electron chi connectivity index (χ0n) is 12.5. The second-order valence-corrected chi connectivity index (χ2v) is 4.95. The Hall–Kier alpha value is -1.31. The van der Waals surface area contributed by atoms with Crippen molar-refractivity contribution in [3.63, 3.8) is 0 Å². The smallest absolute Gasteiger partial charge is 0.239 e. The number of nitrogens with one attached hydrogen (secondary N) is 3. The average molecular weight is 402 g/mol. The van der Waals surface area contributed by atoms with E-state index < -0.39 is 0 Å². The fourth-order valence-corrected chi connectivity index (χ4v) is 2.46. The van der Waals surface area contributed by atoms with Gasteiger partial charge in [-0.1, -0.05) is 24.3 Å². The van der Waals surface area contributed by atoms with Gasteiger partial charge in [-0.15, -0.1) is 24.0 Å². The predicted molar refractivity (Wildman–Crippen MR) is 96.2 cm³/mol. The molecule has 0 saturated carbocycles. The molecule has 0 fully saturated rings. The Morgan fingerprint density at radius 1 is 1.33 bits per heavy atom. The van der Waals surface area contributed by atoms with Gasteiger partial charge >= 0.3 is 0 Å². The number of rotatable bonds is 3. The van der Waals surface area contributed by atoms with Gasteiger partial charge in [-0.05, 0) is 30.4 Å². The van der Waals surface area contributed by atoms with Crippen LogP contribution in [0, 0.1) is 0 Å². The van der Waals surface area contributed by atoms with Crippen molar-refractivity contribution >= 4 is 35.8 Å². The number of hydrogen-bond acceptors (Lipinski definition) is 2. The lowest BCUT2D eigenvalue weighted by Crippen LogP contribution is -2.48. The van der Waals surface area contributed by atoms with Crippen LogP contribution >= 0.6 is 24.0 Å². The highest BCUT2D eigenvalue weighted by Crippen LogP contribution is 2.20. The van der Waals surface area contributed by atoms with Crippen molar-refractivity contribution in [2.75, 3.05) is 20.6 Å². The molecule has 1 unspecified atom stereocenters. The molecule has 5 nitrogen and oxygen atoms in total. The second-order valence-electron chi connectivity index (χ2n) is 4.95. The second kappa shape index (κ2) is 8.86. The molecule has 0 aromatic heterocycles. The molecule has 1 amide bonds. The molecule has 0 aliphatic heterocycles. The monoisotopic (exact) mass is 402 g/mol. The zero-order chi connectivity index (χ0) is 14.4. The summed E-state index contributed by atoms with van der Waals surface area (Å²) in [5.74, 6) is 0.625. The number of nitrogens with zero attached hydrogens (tertiary/aromatic N) is 1. The summed E-state index contributed by atoms with van der Waals surface area (Å²) < 4.78 is 0. The number of carbonyl (C=O) groups is 1. The van der Waals surface area contributed by atoms with Crippen molar-refractivity contribution in [1.29, 1.82) is 0 Å². The van der Waals surface area contributed by atoms with Crippen LogP contribution in [-0.4, -0.2) is 38.5 Å². The molecule has 0 saturated heterocycles. The van der Waals surface area contributed by atoms with Gasteiger partial charge in [0.05, 0.1) is 6.54 Å². The fourth-order valence-electron chi connectivity index (χ4n) is 2.46.